The number of nitrogens with zero attached hydrogens (tertiary/aromatic N) is 1. The maximum Gasteiger partial charge on any atom is 0.143 e. The first-order valence-corrected chi connectivity index (χ1v) is 7.75. The molecule has 1 unspecified atom stereocenters. The SMILES string of the molecule is CCCNC(CCN(C)C)Cc1c(F)ccc(Br)c1F. The Bertz CT molecular complexity index is 425. The van der Waals surface area contributed by atoms with Crippen LogP contribution >= 0.6 is 15.9 Å². The highest BCUT2D eigenvalue weighted by Crippen LogP contribution is 2.23. The van der Waals surface area contributed by atoms with Crippen LogP contribution in [0.2, 0.25) is 0 Å². The zero-order chi connectivity index (χ0) is 15.1. The Kier molecular flexibility index (Phi) is 7.62. The number of hydrogen-bond acceptors (Lipinski definition) is 2. The monoisotopic (exact) mass is 348 g/mol. The fourth-order valence-electron chi connectivity index (χ4n) is 2.04. The normalized spacial score (nSPS) is 12.9. The van der Waals surface area contributed by atoms with Gasteiger partial charge in [0, 0.05) is 11.6 Å². The molecule has 0 radical (unpaired) electrons. The lowest BCUT2D eigenvalue weighted by Gasteiger charge is -2.21. The van der Waals surface area contributed by atoms with Crippen LogP contribution in [0.15, 0.2) is 16.6 Å². The standard InChI is InChI=1S/C15H23BrF2N2/c1-4-8-19-11(7-9-20(2)3)10-12-14(17)6-5-13(16)15(12)18/h5-6,11,19H,4,7-10H2,1-3H3. The van der Waals surface area contributed by atoms with Crippen molar-refractivity contribution in [1.82, 2.24) is 10.2 Å². The molecular weight excluding hydrogens is 326 g/mol. The van der Waals surface area contributed by atoms with Gasteiger partial charge in [-0.25, -0.2) is 8.78 Å². The molecule has 1 N–H and O–H groups in total. The summed E-state index contributed by atoms with van der Waals surface area (Å²) in [5.74, 6) is -0.961. The van der Waals surface area contributed by atoms with Crippen LogP contribution in [0.25, 0.3) is 0 Å². The lowest BCUT2D eigenvalue weighted by molar-refractivity contribution is 0.352. The number of hydrogen-bond donors (Lipinski definition) is 1. The van der Waals surface area contributed by atoms with Crippen LogP contribution in [0.3, 0.4) is 0 Å². The maximum absolute atomic E-state index is 14.0. The van der Waals surface area contributed by atoms with E-state index in [0.717, 1.165) is 25.9 Å². The zero-order valence-corrected chi connectivity index (χ0v) is 13.9. The Morgan fingerprint density at radius 1 is 1.30 bits per heavy atom. The molecule has 0 spiro atoms. The van der Waals surface area contributed by atoms with Gasteiger partial charge in [-0.2, -0.15) is 0 Å². The summed E-state index contributed by atoms with van der Waals surface area (Å²) in [5.41, 5.74) is 0.159. The van der Waals surface area contributed by atoms with Gasteiger partial charge in [-0.1, -0.05) is 6.92 Å². The molecule has 0 saturated heterocycles. The van der Waals surface area contributed by atoms with E-state index >= 15 is 0 Å². The first-order valence-electron chi connectivity index (χ1n) is 6.96. The van der Waals surface area contributed by atoms with Crippen molar-refractivity contribution in [3.63, 3.8) is 0 Å². The number of halogens is 3. The van der Waals surface area contributed by atoms with Crippen molar-refractivity contribution in [2.75, 3.05) is 27.2 Å². The molecule has 114 valence electrons. The van der Waals surface area contributed by atoms with E-state index in [9.17, 15) is 8.78 Å². The van der Waals surface area contributed by atoms with Crippen molar-refractivity contribution in [2.24, 2.45) is 0 Å². The summed E-state index contributed by atoms with van der Waals surface area (Å²) in [6.07, 6.45) is 2.23. The molecule has 1 aromatic carbocycles. The van der Waals surface area contributed by atoms with Crippen LogP contribution in [0.4, 0.5) is 8.78 Å². The summed E-state index contributed by atoms with van der Waals surface area (Å²) < 4.78 is 28.1. The summed E-state index contributed by atoms with van der Waals surface area (Å²) in [4.78, 5) is 2.08. The summed E-state index contributed by atoms with van der Waals surface area (Å²) in [6.45, 7) is 3.82. The van der Waals surface area contributed by atoms with Crippen LogP contribution in [0, 0.1) is 11.6 Å². The molecule has 0 saturated carbocycles. The van der Waals surface area contributed by atoms with E-state index in [0.29, 0.717) is 10.9 Å². The van der Waals surface area contributed by atoms with Gasteiger partial charge in [-0.05, 0) is 74.5 Å². The molecule has 0 amide bonds. The highest BCUT2D eigenvalue weighted by molar-refractivity contribution is 9.10. The number of rotatable bonds is 8. The van der Waals surface area contributed by atoms with Gasteiger partial charge >= 0.3 is 0 Å². The Morgan fingerprint density at radius 3 is 2.60 bits per heavy atom. The Balaban J connectivity index is 2.80. The largest absolute Gasteiger partial charge is 0.314 e. The molecular formula is C15H23BrF2N2. The molecule has 0 heterocycles. The van der Waals surface area contributed by atoms with E-state index in [4.69, 9.17) is 0 Å². The molecule has 0 fully saturated rings. The average molecular weight is 349 g/mol. The van der Waals surface area contributed by atoms with Gasteiger partial charge in [0.25, 0.3) is 0 Å². The molecule has 1 rings (SSSR count). The first-order chi connectivity index (χ1) is 9.45. The Hall–Kier alpha value is -0.520. The number of benzene rings is 1. The molecule has 1 atom stereocenters. The van der Waals surface area contributed by atoms with Crippen LogP contribution in [0.1, 0.15) is 25.3 Å². The van der Waals surface area contributed by atoms with Crippen LogP contribution in [0.5, 0.6) is 0 Å². The zero-order valence-electron chi connectivity index (χ0n) is 12.3. The van der Waals surface area contributed by atoms with Gasteiger partial charge in [0.2, 0.25) is 0 Å². The van der Waals surface area contributed by atoms with Gasteiger partial charge in [0.1, 0.15) is 11.6 Å². The quantitative estimate of drug-likeness (QED) is 0.722. The maximum atomic E-state index is 14.0. The predicted molar refractivity (Wildman–Crippen MR) is 83.0 cm³/mol. The summed E-state index contributed by atoms with van der Waals surface area (Å²) in [5, 5.41) is 3.37. The molecule has 20 heavy (non-hydrogen) atoms. The molecule has 5 heteroatoms. The van der Waals surface area contributed by atoms with Crippen molar-refractivity contribution >= 4 is 15.9 Å². The van der Waals surface area contributed by atoms with Crippen molar-refractivity contribution < 1.29 is 8.78 Å². The van der Waals surface area contributed by atoms with E-state index < -0.39 is 11.6 Å². The van der Waals surface area contributed by atoms with Gasteiger partial charge in [-0.15, -0.1) is 0 Å². The fraction of sp³-hybridized carbons (Fsp3) is 0.600. The van der Waals surface area contributed by atoms with E-state index in [1.165, 1.54) is 12.1 Å². The van der Waals surface area contributed by atoms with Crippen molar-refractivity contribution in [1.29, 1.82) is 0 Å². The minimum atomic E-state index is -0.488. The highest BCUT2D eigenvalue weighted by atomic mass is 79.9. The van der Waals surface area contributed by atoms with Crippen molar-refractivity contribution in [3.05, 3.63) is 33.8 Å². The fourth-order valence-corrected chi connectivity index (χ4v) is 2.41. The molecule has 2 nitrogen and oxygen atoms in total. The van der Waals surface area contributed by atoms with E-state index in [-0.39, 0.29) is 11.6 Å². The number of nitrogens with one attached hydrogen (secondary N) is 1. The van der Waals surface area contributed by atoms with Gasteiger partial charge in [-0.3, -0.25) is 0 Å². The molecule has 0 aliphatic carbocycles. The van der Waals surface area contributed by atoms with Crippen molar-refractivity contribution in [2.45, 2.75) is 32.2 Å². The predicted octanol–water partition coefficient (Wildman–Crippen LogP) is 3.59. The highest BCUT2D eigenvalue weighted by Gasteiger charge is 2.17. The van der Waals surface area contributed by atoms with Gasteiger partial charge in [0.15, 0.2) is 0 Å². The minimum absolute atomic E-state index is 0.0793. The second-order valence-corrected chi connectivity index (χ2v) is 6.12. The summed E-state index contributed by atoms with van der Waals surface area (Å²) >= 11 is 3.11. The van der Waals surface area contributed by atoms with E-state index in [2.05, 4.69) is 33.1 Å². The average Bonchev–Trinajstić information content (AvgIpc) is 2.41. The molecule has 0 aliphatic heterocycles. The van der Waals surface area contributed by atoms with Crippen LogP contribution in [-0.4, -0.2) is 38.1 Å². The van der Waals surface area contributed by atoms with Gasteiger partial charge in [0.05, 0.1) is 4.47 Å². The van der Waals surface area contributed by atoms with Crippen LogP contribution < -0.4 is 5.32 Å². The Morgan fingerprint density at radius 2 is 2.00 bits per heavy atom. The molecule has 0 aromatic heterocycles. The lowest BCUT2D eigenvalue weighted by atomic mass is 10.0. The van der Waals surface area contributed by atoms with Gasteiger partial charge < -0.3 is 10.2 Å². The molecule has 1 aromatic rings. The third kappa shape index (κ3) is 5.46. The molecule has 0 aliphatic rings. The van der Waals surface area contributed by atoms with E-state index in [1.807, 2.05) is 14.1 Å². The van der Waals surface area contributed by atoms with Crippen LogP contribution in [-0.2, 0) is 6.42 Å². The summed E-state index contributed by atoms with van der Waals surface area (Å²) in [6, 6.07) is 2.80. The third-order valence-electron chi connectivity index (χ3n) is 3.20. The molecule has 0 bridgehead atoms. The van der Waals surface area contributed by atoms with E-state index in [1.54, 1.807) is 0 Å². The smallest absolute Gasteiger partial charge is 0.143 e. The first kappa shape index (κ1) is 17.5. The Labute approximate surface area is 128 Å². The second kappa shape index (κ2) is 8.70. The third-order valence-corrected chi connectivity index (χ3v) is 3.81. The second-order valence-electron chi connectivity index (χ2n) is 5.27. The summed E-state index contributed by atoms with van der Waals surface area (Å²) in [7, 11) is 3.99. The topological polar surface area (TPSA) is 15.3 Å². The van der Waals surface area contributed by atoms with Crippen molar-refractivity contribution in [3.8, 4) is 0 Å². The lowest BCUT2D eigenvalue weighted by Crippen LogP contribution is -2.35. The minimum Gasteiger partial charge on any atom is -0.314 e.